The fourth-order valence-corrected chi connectivity index (χ4v) is 2.83. The highest BCUT2D eigenvalue weighted by molar-refractivity contribution is 6.08. The number of benzene rings is 1. The van der Waals surface area contributed by atoms with Crippen molar-refractivity contribution in [2.45, 2.75) is 0 Å². The molecule has 3 heterocycles. The Morgan fingerprint density at radius 3 is 2.92 bits per heavy atom. The van der Waals surface area contributed by atoms with Crippen molar-refractivity contribution in [3.63, 3.8) is 0 Å². The van der Waals surface area contributed by atoms with Gasteiger partial charge in [-0.3, -0.25) is 9.78 Å². The van der Waals surface area contributed by atoms with Crippen LogP contribution in [0.1, 0.15) is 10.4 Å². The van der Waals surface area contributed by atoms with Crippen LogP contribution in [0.5, 0.6) is 0 Å². The summed E-state index contributed by atoms with van der Waals surface area (Å²) >= 11 is 0. The molecule has 3 aromatic rings. The minimum Gasteiger partial charge on any atom is -0.408 e. The third-order valence-electron chi connectivity index (χ3n) is 4.02. The van der Waals surface area contributed by atoms with Crippen LogP contribution < -0.4 is 16.0 Å². The number of nitrogens with zero attached hydrogens (tertiary/aromatic N) is 2. The van der Waals surface area contributed by atoms with E-state index in [-0.39, 0.29) is 5.91 Å². The molecule has 2 aromatic heterocycles. The second-order valence-electron chi connectivity index (χ2n) is 5.65. The molecule has 1 fully saturated rings. The van der Waals surface area contributed by atoms with Crippen LogP contribution in [0, 0.1) is 0 Å². The lowest BCUT2D eigenvalue weighted by atomic mass is 10.2. The molecule has 4 rings (SSSR count). The number of pyridine rings is 1. The second kappa shape index (κ2) is 6.40. The SMILES string of the molecule is O=C(Nc1ccc2oc(=O)[nH]c2c1)c1cccnc1N1CCOCC1. The van der Waals surface area contributed by atoms with E-state index in [1.807, 2.05) is 4.90 Å². The Bertz CT molecular complexity index is 972. The number of carbonyl (C=O) groups is 1. The Balaban J connectivity index is 1.60. The van der Waals surface area contributed by atoms with Crippen LogP contribution in [-0.4, -0.2) is 42.2 Å². The molecule has 8 heteroatoms. The number of hydrogen-bond donors (Lipinski definition) is 2. The first kappa shape index (κ1) is 15.4. The smallest absolute Gasteiger partial charge is 0.408 e. The van der Waals surface area contributed by atoms with Gasteiger partial charge in [-0.15, -0.1) is 0 Å². The summed E-state index contributed by atoms with van der Waals surface area (Å²) in [6, 6.07) is 8.45. The van der Waals surface area contributed by atoms with E-state index in [1.165, 1.54) is 0 Å². The predicted octanol–water partition coefficient (Wildman–Crippen LogP) is 1.60. The number of anilines is 2. The summed E-state index contributed by atoms with van der Waals surface area (Å²) in [4.78, 5) is 32.9. The van der Waals surface area contributed by atoms with Crippen LogP contribution in [-0.2, 0) is 4.74 Å². The normalized spacial score (nSPS) is 14.6. The lowest BCUT2D eigenvalue weighted by Gasteiger charge is -2.29. The minimum atomic E-state index is -0.527. The molecule has 8 nitrogen and oxygen atoms in total. The first-order valence-corrected chi connectivity index (χ1v) is 7.93. The van der Waals surface area contributed by atoms with Gasteiger partial charge >= 0.3 is 5.76 Å². The Morgan fingerprint density at radius 1 is 1.24 bits per heavy atom. The summed E-state index contributed by atoms with van der Waals surface area (Å²) < 4.78 is 10.3. The lowest BCUT2D eigenvalue weighted by molar-refractivity contribution is 0.102. The molecule has 0 aliphatic carbocycles. The Kier molecular flexibility index (Phi) is 3.95. The first-order chi connectivity index (χ1) is 12.2. The minimum absolute atomic E-state index is 0.264. The first-order valence-electron chi connectivity index (χ1n) is 7.93. The number of ether oxygens (including phenoxy) is 1. The zero-order chi connectivity index (χ0) is 17.2. The van der Waals surface area contributed by atoms with Gasteiger partial charge in [0.25, 0.3) is 5.91 Å². The molecule has 0 saturated carbocycles. The molecule has 1 aliphatic rings. The van der Waals surface area contributed by atoms with Crippen molar-refractivity contribution in [3.8, 4) is 0 Å². The van der Waals surface area contributed by atoms with Crippen LogP contribution in [0.3, 0.4) is 0 Å². The van der Waals surface area contributed by atoms with Crippen molar-refractivity contribution in [3.05, 3.63) is 52.6 Å². The maximum absolute atomic E-state index is 12.7. The molecule has 0 bridgehead atoms. The highest BCUT2D eigenvalue weighted by Gasteiger charge is 2.20. The molecule has 1 saturated heterocycles. The maximum Gasteiger partial charge on any atom is 0.417 e. The quantitative estimate of drug-likeness (QED) is 0.751. The van der Waals surface area contributed by atoms with Crippen molar-refractivity contribution < 1.29 is 13.9 Å². The number of rotatable bonds is 3. The van der Waals surface area contributed by atoms with Gasteiger partial charge in [-0.2, -0.15) is 0 Å². The zero-order valence-corrected chi connectivity index (χ0v) is 13.3. The molecule has 2 N–H and O–H groups in total. The molecule has 0 radical (unpaired) electrons. The molecular formula is C17H16N4O4. The second-order valence-corrected chi connectivity index (χ2v) is 5.65. The van der Waals surface area contributed by atoms with Gasteiger partial charge in [0.2, 0.25) is 0 Å². The molecule has 0 unspecified atom stereocenters. The van der Waals surface area contributed by atoms with Gasteiger partial charge in [-0.25, -0.2) is 9.78 Å². The van der Waals surface area contributed by atoms with Gasteiger partial charge < -0.3 is 19.4 Å². The van der Waals surface area contributed by atoms with E-state index in [4.69, 9.17) is 9.15 Å². The number of hydrogen-bond acceptors (Lipinski definition) is 6. The van der Waals surface area contributed by atoms with Gasteiger partial charge in [0, 0.05) is 25.0 Å². The summed E-state index contributed by atoms with van der Waals surface area (Å²) in [6.45, 7) is 2.61. The third kappa shape index (κ3) is 3.11. The van der Waals surface area contributed by atoms with Crippen LogP contribution in [0.15, 0.2) is 45.7 Å². The number of H-pyrrole nitrogens is 1. The predicted molar refractivity (Wildman–Crippen MR) is 92.1 cm³/mol. The van der Waals surface area contributed by atoms with E-state index in [0.717, 1.165) is 0 Å². The zero-order valence-electron chi connectivity index (χ0n) is 13.3. The van der Waals surface area contributed by atoms with Gasteiger partial charge in [-0.1, -0.05) is 0 Å². The van der Waals surface area contributed by atoms with E-state index in [0.29, 0.717) is 54.5 Å². The number of aromatic amines is 1. The summed E-state index contributed by atoms with van der Waals surface area (Å²) in [5.41, 5.74) is 2.03. The Morgan fingerprint density at radius 2 is 2.08 bits per heavy atom. The summed E-state index contributed by atoms with van der Waals surface area (Å²) in [5.74, 6) is -0.152. The number of aromatic nitrogens is 2. The van der Waals surface area contributed by atoms with Crippen LogP contribution in [0.25, 0.3) is 11.1 Å². The van der Waals surface area contributed by atoms with Crippen molar-refractivity contribution in [2.75, 3.05) is 36.5 Å². The fraction of sp³-hybridized carbons (Fsp3) is 0.235. The molecule has 0 spiro atoms. The highest BCUT2D eigenvalue weighted by atomic mass is 16.5. The van der Waals surface area contributed by atoms with Crippen molar-refractivity contribution in [1.82, 2.24) is 9.97 Å². The van der Waals surface area contributed by atoms with Crippen molar-refractivity contribution >= 4 is 28.5 Å². The molecular weight excluding hydrogens is 324 g/mol. The molecule has 0 atom stereocenters. The van der Waals surface area contributed by atoms with Gasteiger partial charge in [-0.05, 0) is 30.3 Å². The van der Waals surface area contributed by atoms with E-state index < -0.39 is 5.76 Å². The van der Waals surface area contributed by atoms with Crippen LogP contribution in [0.2, 0.25) is 0 Å². The third-order valence-corrected chi connectivity index (χ3v) is 4.02. The molecule has 25 heavy (non-hydrogen) atoms. The molecule has 1 aliphatic heterocycles. The van der Waals surface area contributed by atoms with Gasteiger partial charge in [0.15, 0.2) is 5.58 Å². The largest absolute Gasteiger partial charge is 0.417 e. The fourth-order valence-electron chi connectivity index (χ4n) is 2.83. The number of morpholine rings is 1. The average Bonchev–Trinajstić information content (AvgIpc) is 3.02. The van der Waals surface area contributed by atoms with Gasteiger partial charge in [0.05, 0.1) is 24.3 Å². The number of amides is 1. The van der Waals surface area contributed by atoms with E-state index in [9.17, 15) is 9.59 Å². The topological polar surface area (TPSA) is 100 Å². The van der Waals surface area contributed by atoms with Crippen LogP contribution in [0.4, 0.5) is 11.5 Å². The van der Waals surface area contributed by atoms with Crippen molar-refractivity contribution in [2.24, 2.45) is 0 Å². The highest BCUT2D eigenvalue weighted by Crippen LogP contribution is 2.21. The van der Waals surface area contributed by atoms with Crippen LogP contribution >= 0.6 is 0 Å². The van der Waals surface area contributed by atoms with E-state index in [2.05, 4.69) is 15.3 Å². The molecule has 128 valence electrons. The summed E-state index contributed by atoms with van der Waals surface area (Å²) in [7, 11) is 0. The summed E-state index contributed by atoms with van der Waals surface area (Å²) in [6.07, 6.45) is 1.67. The Labute approximate surface area is 142 Å². The number of oxazole rings is 1. The number of nitrogens with one attached hydrogen (secondary N) is 2. The monoisotopic (exact) mass is 340 g/mol. The van der Waals surface area contributed by atoms with E-state index in [1.54, 1.807) is 36.5 Å². The average molecular weight is 340 g/mol. The number of carbonyl (C=O) groups excluding carboxylic acids is 1. The summed E-state index contributed by atoms with van der Waals surface area (Å²) in [5, 5.41) is 2.84. The Hall–Kier alpha value is -3.13. The maximum atomic E-state index is 12.7. The molecule has 1 aromatic carbocycles. The van der Waals surface area contributed by atoms with Gasteiger partial charge in [0.1, 0.15) is 5.82 Å². The van der Waals surface area contributed by atoms with E-state index >= 15 is 0 Å². The molecule has 1 amide bonds. The number of fused-ring (bicyclic) bond motifs is 1. The standard InChI is InChI=1S/C17H16N4O4/c22-16(19-11-3-4-14-13(10-11)20-17(23)25-14)12-2-1-5-18-15(12)21-6-8-24-9-7-21/h1-5,10H,6-9H2,(H,19,22)(H,20,23). The van der Waals surface area contributed by atoms with Crippen molar-refractivity contribution in [1.29, 1.82) is 0 Å². The lowest BCUT2D eigenvalue weighted by Crippen LogP contribution is -2.38.